The van der Waals surface area contributed by atoms with E-state index in [2.05, 4.69) is 11.4 Å². The lowest BCUT2D eigenvalue weighted by atomic mass is 10.5. The van der Waals surface area contributed by atoms with Crippen LogP contribution in [-0.4, -0.2) is 28.8 Å². The van der Waals surface area contributed by atoms with Gasteiger partial charge in [0.1, 0.15) is 0 Å². The first-order chi connectivity index (χ1) is 5.61. The second kappa shape index (κ2) is 5.17. The molecule has 1 N–H and O–H groups in total. The molecule has 0 atom stereocenters. The first-order valence-electron chi connectivity index (χ1n) is 3.46. The Morgan fingerprint density at radius 2 is 2.25 bits per heavy atom. The number of hydrogen-bond donors (Lipinski definition) is 1. The Bertz CT molecular complexity index is 190. The third kappa shape index (κ3) is 3.60. The van der Waals surface area contributed by atoms with Crippen molar-refractivity contribution >= 4 is 12.1 Å². The Kier molecular flexibility index (Phi) is 4.52. The van der Waals surface area contributed by atoms with Gasteiger partial charge in [0.2, 0.25) is 0 Å². The summed E-state index contributed by atoms with van der Waals surface area (Å²) in [6, 6.07) is 0. The van der Waals surface area contributed by atoms with Crippen molar-refractivity contribution in [1.29, 1.82) is 0 Å². The van der Waals surface area contributed by atoms with Crippen LogP contribution in [0.15, 0.2) is 12.7 Å². The van der Waals surface area contributed by atoms with E-state index >= 15 is 0 Å². The van der Waals surface area contributed by atoms with Gasteiger partial charge in [-0.1, -0.05) is 13.5 Å². The highest BCUT2D eigenvalue weighted by atomic mass is 16.7. The molecule has 0 rings (SSSR count). The molecule has 0 unspecified atom stereocenters. The number of hydroxylamine groups is 2. The van der Waals surface area contributed by atoms with Gasteiger partial charge < -0.3 is 9.94 Å². The van der Waals surface area contributed by atoms with Crippen molar-refractivity contribution in [2.24, 2.45) is 0 Å². The number of carbonyl (C=O) groups is 2. The van der Waals surface area contributed by atoms with Gasteiger partial charge in [-0.25, -0.2) is 9.59 Å². The molecule has 0 heterocycles. The molecule has 0 aliphatic heterocycles. The van der Waals surface area contributed by atoms with Gasteiger partial charge in [-0.2, -0.15) is 0 Å². The predicted molar refractivity (Wildman–Crippen MR) is 41.3 cm³/mol. The van der Waals surface area contributed by atoms with Gasteiger partial charge in [0.15, 0.2) is 0 Å². The third-order valence-corrected chi connectivity index (χ3v) is 1.01. The zero-order valence-corrected chi connectivity index (χ0v) is 6.82. The minimum Gasteiger partial charge on any atom is -0.463 e. The Morgan fingerprint density at radius 1 is 1.67 bits per heavy atom. The summed E-state index contributed by atoms with van der Waals surface area (Å²) < 4.78 is 0. The van der Waals surface area contributed by atoms with E-state index in [4.69, 9.17) is 5.11 Å². The van der Waals surface area contributed by atoms with Crippen molar-refractivity contribution in [2.45, 2.75) is 13.3 Å². The van der Waals surface area contributed by atoms with E-state index in [1.54, 1.807) is 6.92 Å². The first-order valence-corrected chi connectivity index (χ1v) is 3.46. The molecule has 0 fully saturated rings. The van der Waals surface area contributed by atoms with Crippen LogP contribution in [0, 0.1) is 0 Å². The lowest BCUT2D eigenvalue weighted by molar-refractivity contribution is -0.173. The maximum atomic E-state index is 10.6. The standard InChI is InChI=1S/C7H11NO4/c1-3-5-8(7(10)11)12-6(9)4-2/h4H,2-3,5H2,1H3,(H,10,11). The summed E-state index contributed by atoms with van der Waals surface area (Å²) in [5.74, 6) is -0.772. The highest BCUT2D eigenvalue weighted by molar-refractivity contribution is 5.82. The highest BCUT2D eigenvalue weighted by Crippen LogP contribution is 1.94. The predicted octanol–water partition coefficient (Wildman–Crippen LogP) is 1.02. The molecule has 5 heteroatoms. The summed E-state index contributed by atoms with van der Waals surface area (Å²) in [6.45, 7) is 5.08. The molecular formula is C7H11NO4. The van der Waals surface area contributed by atoms with Crippen LogP contribution in [0.5, 0.6) is 0 Å². The number of nitrogens with zero attached hydrogens (tertiary/aromatic N) is 1. The maximum Gasteiger partial charge on any atom is 0.440 e. The van der Waals surface area contributed by atoms with Crippen molar-refractivity contribution in [3.63, 3.8) is 0 Å². The molecule has 0 aliphatic rings. The minimum atomic E-state index is -1.29. The Hall–Kier alpha value is -1.52. The molecule has 0 radical (unpaired) electrons. The largest absolute Gasteiger partial charge is 0.463 e. The van der Waals surface area contributed by atoms with E-state index < -0.39 is 12.1 Å². The molecule has 0 aromatic rings. The third-order valence-electron chi connectivity index (χ3n) is 1.01. The smallest absolute Gasteiger partial charge is 0.440 e. The van der Waals surface area contributed by atoms with Crippen molar-refractivity contribution in [3.05, 3.63) is 12.7 Å². The van der Waals surface area contributed by atoms with Gasteiger partial charge in [0, 0.05) is 6.08 Å². The lowest BCUT2D eigenvalue weighted by Crippen LogP contribution is -2.32. The van der Waals surface area contributed by atoms with E-state index in [0.717, 1.165) is 6.08 Å². The number of hydrogen-bond acceptors (Lipinski definition) is 3. The van der Waals surface area contributed by atoms with Crippen LogP contribution in [0.2, 0.25) is 0 Å². The molecule has 0 saturated heterocycles. The number of amides is 1. The molecule has 1 amide bonds. The maximum absolute atomic E-state index is 10.6. The monoisotopic (exact) mass is 173 g/mol. The average molecular weight is 173 g/mol. The van der Waals surface area contributed by atoms with Crippen LogP contribution in [0.4, 0.5) is 4.79 Å². The summed E-state index contributed by atoms with van der Waals surface area (Å²) in [7, 11) is 0. The van der Waals surface area contributed by atoms with Gasteiger partial charge in [0.25, 0.3) is 0 Å². The molecule has 12 heavy (non-hydrogen) atoms. The van der Waals surface area contributed by atoms with Gasteiger partial charge in [0.05, 0.1) is 6.54 Å². The summed E-state index contributed by atoms with van der Waals surface area (Å²) in [6.07, 6.45) is 0.203. The zero-order valence-electron chi connectivity index (χ0n) is 6.82. The van der Waals surface area contributed by atoms with E-state index in [1.165, 1.54) is 0 Å². The molecule has 0 saturated carbocycles. The SMILES string of the molecule is C=CC(=O)ON(CCC)C(=O)O. The van der Waals surface area contributed by atoms with Crippen molar-refractivity contribution in [3.8, 4) is 0 Å². The molecule has 68 valence electrons. The van der Waals surface area contributed by atoms with Crippen LogP contribution < -0.4 is 0 Å². The number of carboxylic acid groups (broad SMARTS) is 1. The quantitative estimate of drug-likeness (QED) is 0.511. The fourth-order valence-electron chi connectivity index (χ4n) is 0.529. The average Bonchev–Trinajstić information content (AvgIpc) is 2.03. The molecule has 0 spiro atoms. The lowest BCUT2D eigenvalue weighted by Gasteiger charge is -2.15. The van der Waals surface area contributed by atoms with Gasteiger partial charge in [-0.3, -0.25) is 0 Å². The van der Waals surface area contributed by atoms with E-state index in [0.29, 0.717) is 11.5 Å². The molecule has 5 nitrogen and oxygen atoms in total. The topological polar surface area (TPSA) is 66.8 Å². The minimum absolute atomic E-state index is 0.162. The summed E-state index contributed by atoms with van der Waals surface area (Å²) in [5.41, 5.74) is 0. The normalized spacial score (nSPS) is 8.75. The van der Waals surface area contributed by atoms with Crippen molar-refractivity contribution in [1.82, 2.24) is 5.06 Å². The molecule has 0 bridgehead atoms. The van der Waals surface area contributed by atoms with Gasteiger partial charge in [-0.05, 0) is 6.42 Å². The fraction of sp³-hybridized carbons (Fsp3) is 0.429. The van der Waals surface area contributed by atoms with Gasteiger partial charge in [-0.15, -0.1) is 5.06 Å². The fourth-order valence-corrected chi connectivity index (χ4v) is 0.529. The summed E-state index contributed by atoms with van der Waals surface area (Å²) in [5, 5.41) is 9.04. The van der Waals surface area contributed by atoms with E-state index in [-0.39, 0.29) is 6.54 Å². The molecular weight excluding hydrogens is 162 g/mol. The highest BCUT2D eigenvalue weighted by Gasteiger charge is 2.13. The Labute approximate surface area is 70.2 Å². The second-order valence-corrected chi connectivity index (χ2v) is 2.00. The van der Waals surface area contributed by atoms with Crippen molar-refractivity contribution in [2.75, 3.05) is 6.54 Å². The van der Waals surface area contributed by atoms with Crippen LogP contribution in [0.3, 0.4) is 0 Å². The van der Waals surface area contributed by atoms with E-state index in [1.807, 2.05) is 0 Å². The van der Waals surface area contributed by atoms with Crippen LogP contribution >= 0.6 is 0 Å². The number of rotatable bonds is 3. The number of carbonyl (C=O) groups excluding carboxylic acids is 1. The van der Waals surface area contributed by atoms with Gasteiger partial charge >= 0.3 is 12.1 Å². The van der Waals surface area contributed by atoms with Crippen molar-refractivity contribution < 1.29 is 19.5 Å². The second-order valence-electron chi connectivity index (χ2n) is 2.00. The van der Waals surface area contributed by atoms with Crippen LogP contribution in [0.1, 0.15) is 13.3 Å². The zero-order chi connectivity index (χ0) is 9.56. The molecule has 0 aromatic carbocycles. The summed E-state index contributed by atoms with van der Waals surface area (Å²) in [4.78, 5) is 25.3. The van der Waals surface area contributed by atoms with Crippen LogP contribution in [-0.2, 0) is 9.63 Å². The Balaban J connectivity index is 4.03. The van der Waals surface area contributed by atoms with Crippen LogP contribution in [0.25, 0.3) is 0 Å². The molecule has 0 aliphatic carbocycles. The first kappa shape index (κ1) is 10.5. The summed E-state index contributed by atoms with van der Waals surface area (Å²) >= 11 is 0. The molecule has 0 aromatic heterocycles. The van der Waals surface area contributed by atoms with E-state index in [9.17, 15) is 9.59 Å². The Morgan fingerprint density at radius 3 is 2.58 bits per heavy atom.